The van der Waals surface area contributed by atoms with Crippen molar-refractivity contribution in [3.8, 4) is 11.1 Å². The Hall–Kier alpha value is -6.76. The standard InChI is InChI=1S/C50H54FN11O6/c1-50(2)20-29-18-41-49(68)61(15-14-60(41)42(29)21-50)45-37(28-63)35(8-9-52-45)31-17-39(48(67)56(3)23-31)54-43-6-4-33(22-53-43)58-10-12-59(13-11-58)34-26-57(27-34)24-32-16-30-25-62(47(66)36(30)19-38(32)51)40-5-7-44(64)55-46(40)65/h4,6,8-9,16-19,22-23,34,40,63H,5,7,10-15,20-21,24-28H2,1-3H3,(H,53,54)(H,55,64,65). The lowest BCUT2D eigenvalue weighted by Gasteiger charge is -2.48. The number of amides is 4. The highest BCUT2D eigenvalue weighted by Crippen LogP contribution is 2.40. The highest BCUT2D eigenvalue weighted by atomic mass is 19.1. The molecule has 352 valence electrons. The van der Waals surface area contributed by atoms with E-state index < -0.39 is 17.8 Å². The molecule has 0 radical (unpaired) electrons. The lowest BCUT2D eigenvalue weighted by molar-refractivity contribution is -0.136. The summed E-state index contributed by atoms with van der Waals surface area (Å²) in [5.41, 5.74) is 7.67. The summed E-state index contributed by atoms with van der Waals surface area (Å²) in [4.78, 5) is 84.0. The van der Waals surface area contributed by atoms with E-state index in [1.165, 1.54) is 26.8 Å². The first-order valence-corrected chi connectivity index (χ1v) is 23.5. The highest BCUT2D eigenvalue weighted by Gasteiger charge is 2.41. The maximum absolute atomic E-state index is 15.3. The third-order valence-electron chi connectivity index (χ3n) is 14.8. The van der Waals surface area contributed by atoms with Gasteiger partial charge < -0.3 is 29.4 Å². The van der Waals surface area contributed by atoms with Gasteiger partial charge in [0, 0.05) is 125 Å². The number of piperazine rings is 1. The molecule has 4 aromatic heterocycles. The molecule has 0 bridgehead atoms. The van der Waals surface area contributed by atoms with E-state index in [1.807, 2.05) is 18.2 Å². The summed E-state index contributed by atoms with van der Waals surface area (Å²) in [6.07, 6.45) is 7.46. The highest BCUT2D eigenvalue weighted by molar-refractivity contribution is 6.07. The number of nitrogens with zero attached hydrogens (tertiary/aromatic N) is 9. The van der Waals surface area contributed by atoms with Crippen molar-refractivity contribution in [2.45, 2.75) is 77.9 Å². The van der Waals surface area contributed by atoms with Crippen LogP contribution in [0.3, 0.4) is 0 Å². The maximum atomic E-state index is 15.3. The molecule has 5 aromatic rings. The second-order valence-electron chi connectivity index (χ2n) is 19.9. The number of aryl methyl sites for hydroxylation is 1. The first-order valence-electron chi connectivity index (χ1n) is 23.5. The van der Waals surface area contributed by atoms with Gasteiger partial charge in [-0.15, -0.1) is 0 Å². The molecular formula is C50H54FN11O6. The van der Waals surface area contributed by atoms with E-state index in [1.54, 1.807) is 48.7 Å². The number of nitrogens with one attached hydrogen (secondary N) is 2. The van der Waals surface area contributed by atoms with Crippen LogP contribution in [0.1, 0.15) is 75.5 Å². The first-order chi connectivity index (χ1) is 32.7. The molecule has 1 unspecified atom stereocenters. The maximum Gasteiger partial charge on any atom is 0.276 e. The van der Waals surface area contributed by atoms with Crippen LogP contribution in [0.25, 0.3) is 11.1 Å². The molecule has 3 saturated heterocycles. The summed E-state index contributed by atoms with van der Waals surface area (Å²) in [6.45, 7) is 10.8. The van der Waals surface area contributed by atoms with E-state index in [-0.39, 0.29) is 60.3 Å². The van der Waals surface area contributed by atoms with E-state index in [0.717, 1.165) is 57.8 Å². The van der Waals surface area contributed by atoms with Gasteiger partial charge in [0.1, 0.15) is 34.9 Å². The third-order valence-corrected chi connectivity index (χ3v) is 14.8. The quantitative estimate of drug-likeness (QED) is 0.174. The number of pyridine rings is 3. The van der Waals surface area contributed by atoms with Crippen LogP contribution in [0, 0.1) is 11.2 Å². The predicted octanol–water partition coefficient (Wildman–Crippen LogP) is 3.57. The number of aliphatic hydroxyl groups is 1. The number of halogens is 1. The average molecular weight is 924 g/mol. The summed E-state index contributed by atoms with van der Waals surface area (Å²) >= 11 is 0. The summed E-state index contributed by atoms with van der Waals surface area (Å²) in [7, 11) is 1.68. The van der Waals surface area contributed by atoms with Crippen LogP contribution < -0.4 is 26.0 Å². The van der Waals surface area contributed by atoms with Gasteiger partial charge in [-0.3, -0.25) is 44.0 Å². The Kier molecular flexibility index (Phi) is 10.8. The van der Waals surface area contributed by atoms with Gasteiger partial charge in [-0.2, -0.15) is 0 Å². The number of benzene rings is 1. The van der Waals surface area contributed by atoms with Gasteiger partial charge in [0.25, 0.3) is 17.4 Å². The molecule has 5 aliphatic heterocycles. The number of aliphatic hydroxyl groups excluding tert-OH is 1. The van der Waals surface area contributed by atoms with Crippen molar-refractivity contribution in [3.63, 3.8) is 0 Å². The lowest BCUT2D eigenvalue weighted by atomic mass is 9.90. The van der Waals surface area contributed by atoms with E-state index in [2.05, 4.69) is 53.7 Å². The van der Waals surface area contributed by atoms with Crippen molar-refractivity contribution in [1.29, 1.82) is 0 Å². The Morgan fingerprint density at radius 2 is 1.71 bits per heavy atom. The Bertz CT molecular complexity index is 2970. The Balaban J connectivity index is 0.700. The minimum atomic E-state index is -0.739. The molecule has 1 atom stereocenters. The number of aromatic nitrogens is 4. The number of imide groups is 1. The van der Waals surface area contributed by atoms with Crippen molar-refractivity contribution in [1.82, 2.24) is 39.1 Å². The van der Waals surface area contributed by atoms with E-state index in [4.69, 9.17) is 0 Å². The fourth-order valence-electron chi connectivity index (χ4n) is 11.2. The van der Waals surface area contributed by atoms with Gasteiger partial charge in [-0.25, -0.2) is 14.4 Å². The molecule has 9 heterocycles. The van der Waals surface area contributed by atoms with E-state index in [9.17, 15) is 29.1 Å². The minimum absolute atomic E-state index is 0.139. The molecule has 18 heteroatoms. The number of likely N-dealkylation sites (tertiary alicyclic amines) is 1. The molecule has 6 aliphatic rings. The fourth-order valence-corrected chi connectivity index (χ4v) is 11.2. The van der Waals surface area contributed by atoms with Gasteiger partial charge >= 0.3 is 0 Å². The molecule has 17 nitrogen and oxygen atoms in total. The van der Waals surface area contributed by atoms with Crippen LogP contribution in [0.4, 0.5) is 27.4 Å². The summed E-state index contributed by atoms with van der Waals surface area (Å²) in [5, 5.41) is 16.3. The molecule has 68 heavy (non-hydrogen) atoms. The van der Waals surface area contributed by atoms with Crippen LogP contribution in [0.15, 0.2) is 65.8 Å². The number of rotatable bonds is 10. The molecule has 4 amide bonds. The number of carbonyl (C=O) groups excluding carboxylic acids is 4. The predicted molar refractivity (Wildman–Crippen MR) is 251 cm³/mol. The average Bonchev–Trinajstić information content (AvgIpc) is 3.92. The van der Waals surface area contributed by atoms with Crippen LogP contribution >= 0.6 is 0 Å². The Morgan fingerprint density at radius 3 is 2.46 bits per heavy atom. The number of hydrogen-bond donors (Lipinski definition) is 3. The van der Waals surface area contributed by atoms with Crippen LogP contribution in [-0.2, 0) is 55.7 Å². The van der Waals surface area contributed by atoms with Crippen LogP contribution in [0.2, 0.25) is 0 Å². The van der Waals surface area contributed by atoms with Gasteiger partial charge in [0.05, 0.1) is 18.5 Å². The number of hydrogen-bond acceptors (Lipinski definition) is 12. The van der Waals surface area contributed by atoms with Crippen LogP contribution in [-0.4, -0.2) is 120 Å². The molecular weight excluding hydrogens is 870 g/mol. The normalized spacial score (nSPS) is 20.7. The molecule has 3 fully saturated rings. The number of fused-ring (bicyclic) bond motifs is 4. The number of carbonyl (C=O) groups is 4. The molecule has 0 spiro atoms. The van der Waals surface area contributed by atoms with E-state index >= 15 is 4.39 Å². The van der Waals surface area contributed by atoms with Gasteiger partial charge in [0.15, 0.2) is 0 Å². The zero-order valence-electron chi connectivity index (χ0n) is 38.4. The smallest absolute Gasteiger partial charge is 0.276 e. The van der Waals surface area contributed by atoms with Crippen molar-refractivity contribution in [2.75, 3.05) is 60.9 Å². The largest absolute Gasteiger partial charge is 0.392 e. The molecule has 0 saturated carbocycles. The first kappa shape index (κ1) is 43.8. The van der Waals surface area contributed by atoms with Gasteiger partial charge in [0.2, 0.25) is 11.8 Å². The topological polar surface area (TPSA) is 181 Å². The second kappa shape index (κ2) is 16.8. The van der Waals surface area contributed by atoms with Crippen molar-refractivity contribution < 1.29 is 28.7 Å². The second-order valence-corrected chi connectivity index (χ2v) is 19.9. The summed E-state index contributed by atoms with van der Waals surface area (Å²) in [6, 6.07) is 12.1. The lowest BCUT2D eigenvalue weighted by Crippen LogP contribution is -2.62. The monoisotopic (exact) mass is 923 g/mol. The fraction of sp³-hybridized carbons (Fsp3) is 0.420. The zero-order valence-corrected chi connectivity index (χ0v) is 38.4. The third kappa shape index (κ3) is 7.73. The molecule has 3 N–H and O–H groups in total. The van der Waals surface area contributed by atoms with Gasteiger partial charge in [-0.05, 0) is 83.8 Å². The van der Waals surface area contributed by atoms with Crippen LogP contribution in [0.5, 0.6) is 0 Å². The number of anilines is 4. The summed E-state index contributed by atoms with van der Waals surface area (Å²) in [5.74, 6) is -0.877. The van der Waals surface area contributed by atoms with Crippen molar-refractivity contribution >= 4 is 46.6 Å². The number of piperidine rings is 1. The Labute approximate surface area is 392 Å². The van der Waals surface area contributed by atoms with E-state index in [0.29, 0.717) is 76.5 Å². The van der Waals surface area contributed by atoms with Crippen molar-refractivity contribution in [2.24, 2.45) is 12.5 Å². The minimum Gasteiger partial charge on any atom is -0.392 e. The van der Waals surface area contributed by atoms with Gasteiger partial charge in [-0.1, -0.05) is 13.8 Å². The SMILES string of the molecule is Cn1cc(-c2ccnc(N3CCn4c(cc5c4CC(C)(C)C5)C3=O)c2CO)cc(Nc2ccc(N3CCN(C4CN(Cc5cc6c(cc5F)C(=O)N(C5CCC(=O)NC5=O)C6)C4)CC3)cn2)c1=O. The zero-order chi connectivity index (χ0) is 47.2. The molecule has 1 aromatic carbocycles. The molecule has 11 rings (SSSR count). The Morgan fingerprint density at radius 1 is 0.897 bits per heavy atom. The summed E-state index contributed by atoms with van der Waals surface area (Å²) < 4.78 is 19.0. The van der Waals surface area contributed by atoms with Crippen molar-refractivity contribution in [3.05, 3.63) is 116 Å². The molecule has 1 aliphatic carbocycles.